The summed E-state index contributed by atoms with van der Waals surface area (Å²) >= 11 is 0. The minimum atomic E-state index is -0.293. The van der Waals surface area contributed by atoms with E-state index in [1.54, 1.807) is 12.3 Å². The van der Waals surface area contributed by atoms with E-state index in [0.717, 1.165) is 11.3 Å². The van der Waals surface area contributed by atoms with Crippen LogP contribution in [0, 0.1) is 5.82 Å². The number of halogens is 1. The van der Waals surface area contributed by atoms with Crippen molar-refractivity contribution >= 4 is 17.8 Å². The Hall–Kier alpha value is -3.41. The second-order valence-corrected chi connectivity index (χ2v) is 6.90. The van der Waals surface area contributed by atoms with Gasteiger partial charge in [0.05, 0.1) is 38.7 Å². The molecule has 33 heavy (non-hydrogen) atoms. The zero-order valence-electron chi connectivity index (χ0n) is 18.3. The first-order valence-electron chi connectivity index (χ1n) is 10.7. The van der Waals surface area contributed by atoms with E-state index in [1.165, 1.54) is 12.1 Å². The topological polar surface area (TPSA) is 132 Å². The molecule has 2 aromatic heterocycles. The summed E-state index contributed by atoms with van der Waals surface area (Å²) in [5.41, 5.74) is 7.00. The molecule has 0 atom stereocenters. The van der Waals surface area contributed by atoms with Crippen molar-refractivity contribution in [3.05, 3.63) is 65.7 Å². The summed E-state index contributed by atoms with van der Waals surface area (Å²) in [6.45, 7) is 3.78. The highest BCUT2D eigenvalue weighted by Gasteiger charge is 2.07. The van der Waals surface area contributed by atoms with Crippen molar-refractivity contribution in [3.63, 3.8) is 0 Å². The van der Waals surface area contributed by atoms with E-state index in [9.17, 15) is 4.39 Å². The highest BCUT2D eigenvalue weighted by atomic mass is 19.1. The molecule has 0 spiro atoms. The number of pyridine rings is 1. The maximum atomic E-state index is 13.5. The molecule has 11 heteroatoms. The van der Waals surface area contributed by atoms with Crippen LogP contribution in [0.5, 0.6) is 0 Å². The van der Waals surface area contributed by atoms with Crippen LogP contribution < -0.4 is 21.7 Å². The van der Waals surface area contributed by atoms with E-state index in [0.29, 0.717) is 70.5 Å². The van der Waals surface area contributed by atoms with Crippen LogP contribution in [0.4, 0.5) is 22.2 Å². The minimum absolute atomic E-state index is 0.293. The average Bonchev–Trinajstić information content (AvgIpc) is 2.84. The number of hydrogen-bond acceptors (Lipinski definition) is 10. The fourth-order valence-corrected chi connectivity index (χ4v) is 2.75. The van der Waals surface area contributed by atoms with Crippen LogP contribution in [0.1, 0.15) is 11.3 Å². The van der Waals surface area contributed by atoms with Gasteiger partial charge in [-0.3, -0.25) is 4.98 Å². The monoisotopic (exact) mass is 456 g/mol. The van der Waals surface area contributed by atoms with Gasteiger partial charge in [0.15, 0.2) is 0 Å². The molecule has 0 amide bonds. The Kier molecular flexibility index (Phi) is 10.2. The van der Waals surface area contributed by atoms with Crippen LogP contribution >= 0.6 is 0 Å². The normalized spacial score (nSPS) is 10.7. The maximum Gasteiger partial charge on any atom is 0.229 e. The van der Waals surface area contributed by atoms with Crippen molar-refractivity contribution in [2.75, 3.05) is 55.5 Å². The Morgan fingerprint density at radius 1 is 0.788 bits per heavy atom. The van der Waals surface area contributed by atoms with Gasteiger partial charge in [-0.05, 0) is 29.8 Å². The fourth-order valence-electron chi connectivity index (χ4n) is 2.75. The number of ether oxygens (including phenoxy) is 2. The number of nitrogens with two attached hydrogens (primary N) is 1. The van der Waals surface area contributed by atoms with Crippen molar-refractivity contribution in [2.45, 2.75) is 13.1 Å². The second-order valence-electron chi connectivity index (χ2n) is 6.90. The third-order valence-corrected chi connectivity index (χ3v) is 4.29. The Labute approximate surface area is 192 Å². The molecule has 0 radical (unpaired) electrons. The van der Waals surface area contributed by atoms with E-state index in [1.807, 2.05) is 24.3 Å². The number of rotatable bonds is 15. The molecule has 2 heterocycles. The molecule has 0 aliphatic heterocycles. The van der Waals surface area contributed by atoms with E-state index in [4.69, 9.17) is 15.2 Å². The summed E-state index contributed by atoms with van der Waals surface area (Å²) in [6.07, 6.45) is 1.73. The number of nitrogens with zero attached hydrogens (tertiary/aromatic N) is 4. The van der Waals surface area contributed by atoms with Crippen LogP contribution in [0.15, 0.2) is 48.7 Å². The molecule has 0 saturated carbocycles. The van der Waals surface area contributed by atoms with Gasteiger partial charge in [0.2, 0.25) is 17.8 Å². The van der Waals surface area contributed by atoms with Crippen LogP contribution in [0.2, 0.25) is 0 Å². The molecule has 1 aromatic carbocycles. The fraction of sp³-hybridized carbons (Fsp3) is 0.364. The molecule has 0 saturated heterocycles. The molecule has 0 unspecified atom stereocenters. The Morgan fingerprint density at radius 3 is 2.21 bits per heavy atom. The SMILES string of the molecule is NCCOCCOCCNc1nc(NCc2cccc(F)c2)nc(NCc2ccccn2)n1. The second kappa shape index (κ2) is 13.9. The lowest BCUT2D eigenvalue weighted by atomic mass is 10.2. The highest BCUT2D eigenvalue weighted by molar-refractivity contribution is 5.42. The quantitative estimate of drug-likeness (QED) is 0.252. The standard InChI is InChI=1S/C22H29FN8O2/c23-18-5-3-4-17(14-18)15-27-21-29-20(26-9-11-33-13-12-32-10-7-24)30-22(31-21)28-16-19-6-1-2-8-25-19/h1-6,8,14H,7,9-13,15-16,24H2,(H3,26,27,28,29,30,31). The smallest absolute Gasteiger partial charge is 0.229 e. The molecule has 0 bridgehead atoms. The van der Waals surface area contributed by atoms with Crippen molar-refractivity contribution in [1.82, 2.24) is 19.9 Å². The number of aromatic nitrogens is 4. The summed E-state index contributed by atoms with van der Waals surface area (Å²) in [6, 6.07) is 12.0. The molecule has 5 N–H and O–H groups in total. The Morgan fingerprint density at radius 2 is 1.52 bits per heavy atom. The number of hydrogen-bond donors (Lipinski definition) is 4. The summed E-state index contributed by atoms with van der Waals surface area (Å²) in [5, 5.41) is 9.40. The van der Waals surface area contributed by atoms with Crippen molar-refractivity contribution in [3.8, 4) is 0 Å². The van der Waals surface area contributed by atoms with E-state index in [2.05, 4.69) is 35.9 Å². The molecular weight excluding hydrogens is 427 g/mol. The van der Waals surface area contributed by atoms with Crippen LogP contribution in [0.25, 0.3) is 0 Å². The zero-order chi connectivity index (χ0) is 23.1. The van der Waals surface area contributed by atoms with E-state index in [-0.39, 0.29) is 5.82 Å². The van der Waals surface area contributed by atoms with Gasteiger partial charge in [0.25, 0.3) is 0 Å². The maximum absolute atomic E-state index is 13.5. The van der Waals surface area contributed by atoms with Gasteiger partial charge >= 0.3 is 0 Å². The Bertz CT molecular complexity index is 964. The lowest BCUT2D eigenvalue weighted by molar-refractivity contribution is 0.0547. The van der Waals surface area contributed by atoms with Gasteiger partial charge < -0.3 is 31.2 Å². The van der Waals surface area contributed by atoms with Crippen LogP contribution in [-0.2, 0) is 22.6 Å². The Balaban J connectivity index is 1.57. The third kappa shape index (κ3) is 9.31. The molecule has 176 valence electrons. The number of benzene rings is 1. The molecule has 0 fully saturated rings. The van der Waals surface area contributed by atoms with E-state index >= 15 is 0 Å². The molecular formula is C22H29FN8O2. The minimum Gasteiger partial charge on any atom is -0.378 e. The predicted octanol–water partition coefficient (Wildman–Crippen LogP) is 2.03. The predicted molar refractivity (Wildman–Crippen MR) is 124 cm³/mol. The van der Waals surface area contributed by atoms with Crippen molar-refractivity contribution < 1.29 is 13.9 Å². The first-order chi connectivity index (χ1) is 16.2. The average molecular weight is 457 g/mol. The van der Waals surface area contributed by atoms with Gasteiger partial charge in [-0.1, -0.05) is 18.2 Å². The van der Waals surface area contributed by atoms with Gasteiger partial charge in [-0.25, -0.2) is 4.39 Å². The summed E-state index contributed by atoms with van der Waals surface area (Å²) in [5.74, 6) is 0.837. The van der Waals surface area contributed by atoms with Gasteiger partial charge in [-0.15, -0.1) is 0 Å². The lowest BCUT2D eigenvalue weighted by Gasteiger charge is -2.12. The summed E-state index contributed by atoms with van der Waals surface area (Å²) in [7, 11) is 0. The van der Waals surface area contributed by atoms with Gasteiger partial charge in [0.1, 0.15) is 5.82 Å². The number of nitrogens with one attached hydrogen (secondary N) is 3. The molecule has 3 aromatic rings. The van der Waals surface area contributed by atoms with Crippen LogP contribution in [0.3, 0.4) is 0 Å². The first kappa shape index (κ1) is 24.2. The van der Waals surface area contributed by atoms with Gasteiger partial charge in [0, 0.05) is 25.8 Å². The molecule has 0 aliphatic carbocycles. The van der Waals surface area contributed by atoms with Crippen molar-refractivity contribution in [1.29, 1.82) is 0 Å². The van der Waals surface area contributed by atoms with Crippen LogP contribution in [-0.4, -0.2) is 59.5 Å². The van der Waals surface area contributed by atoms with Gasteiger partial charge in [-0.2, -0.15) is 15.0 Å². The lowest BCUT2D eigenvalue weighted by Crippen LogP contribution is -2.17. The molecule has 3 rings (SSSR count). The number of anilines is 3. The largest absolute Gasteiger partial charge is 0.378 e. The summed E-state index contributed by atoms with van der Waals surface area (Å²) < 4.78 is 24.2. The molecule has 0 aliphatic rings. The highest BCUT2D eigenvalue weighted by Crippen LogP contribution is 2.12. The zero-order valence-corrected chi connectivity index (χ0v) is 18.3. The van der Waals surface area contributed by atoms with Crippen molar-refractivity contribution in [2.24, 2.45) is 5.73 Å². The summed E-state index contributed by atoms with van der Waals surface area (Å²) in [4.78, 5) is 17.5. The van der Waals surface area contributed by atoms with E-state index < -0.39 is 0 Å². The molecule has 10 nitrogen and oxygen atoms in total. The third-order valence-electron chi connectivity index (χ3n) is 4.29. The first-order valence-corrected chi connectivity index (χ1v) is 10.7.